The summed E-state index contributed by atoms with van der Waals surface area (Å²) in [6, 6.07) is 2.97. The molecule has 0 aliphatic heterocycles. The van der Waals surface area contributed by atoms with Crippen molar-refractivity contribution in [2.75, 3.05) is 6.54 Å². The normalized spacial score (nSPS) is 23.1. The van der Waals surface area contributed by atoms with Crippen molar-refractivity contribution in [3.63, 3.8) is 0 Å². The third-order valence-electron chi connectivity index (χ3n) is 3.73. The van der Waals surface area contributed by atoms with Crippen molar-refractivity contribution in [3.8, 4) is 0 Å². The Morgan fingerprint density at radius 1 is 1.25 bits per heavy atom. The summed E-state index contributed by atoms with van der Waals surface area (Å²) in [6.45, 7) is 2.92. The Balaban J connectivity index is 2.13. The first-order valence-electron chi connectivity index (χ1n) is 6.87. The summed E-state index contributed by atoms with van der Waals surface area (Å²) >= 11 is 0. The van der Waals surface area contributed by atoms with Crippen LogP contribution in [0.25, 0.3) is 0 Å². The van der Waals surface area contributed by atoms with E-state index in [2.05, 4.69) is 12.2 Å². The average molecular weight is 303 g/mol. The lowest BCUT2D eigenvalue weighted by Gasteiger charge is -2.14. The summed E-state index contributed by atoms with van der Waals surface area (Å²) in [5, 5.41) is 2.79. The Bertz CT molecular complexity index is 575. The molecule has 6 heteroatoms. The third kappa shape index (κ3) is 3.17. The molecule has 2 unspecified atom stereocenters. The monoisotopic (exact) mass is 303 g/mol. The highest BCUT2D eigenvalue weighted by molar-refractivity contribution is 7.92. The molecule has 1 aliphatic rings. The molecule has 20 heavy (non-hydrogen) atoms. The van der Waals surface area contributed by atoms with Crippen LogP contribution < -0.4 is 5.32 Å². The number of benzene rings is 1. The molecule has 0 aromatic heterocycles. The molecule has 112 valence electrons. The van der Waals surface area contributed by atoms with Gasteiger partial charge in [-0.05, 0) is 50.4 Å². The number of nitrogens with one attached hydrogen (secondary N) is 1. The molecule has 1 aliphatic carbocycles. The molecule has 3 nitrogen and oxygen atoms in total. The van der Waals surface area contributed by atoms with Crippen LogP contribution in [0.5, 0.6) is 0 Å². The summed E-state index contributed by atoms with van der Waals surface area (Å²) in [5.41, 5.74) is 0. The first kappa shape index (κ1) is 15.4. The van der Waals surface area contributed by atoms with Gasteiger partial charge in [0, 0.05) is 6.04 Å². The summed E-state index contributed by atoms with van der Waals surface area (Å²) in [7, 11) is -3.58. The van der Waals surface area contributed by atoms with E-state index in [1.165, 1.54) is 0 Å². The van der Waals surface area contributed by atoms with Crippen LogP contribution in [0.3, 0.4) is 0 Å². The predicted octanol–water partition coefficient (Wildman–Crippen LogP) is 2.66. The van der Waals surface area contributed by atoms with Gasteiger partial charge in [-0.1, -0.05) is 6.92 Å². The number of hydrogen-bond acceptors (Lipinski definition) is 3. The Kier molecular flexibility index (Phi) is 4.75. The van der Waals surface area contributed by atoms with E-state index in [-0.39, 0.29) is 10.9 Å². The summed E-state index contributed by atoms with van der Waals surface area (Å²) in [6.07, 6.45) is 2.88. The summed E-state index contributed by atoms with van der Waals surface area (Å²) in [4.78, 5) is -0.127. The second kappa shape index (κ2) is 6.18. The lowest BCUT2D eigenvalue weighted by molar-refractivity contribution is 0.503. The molecule has 2 rings (SSSR count). The number of hydrogen-bond donors (Lipinski definition) is 1. The molecule has 1 saturated carbocycles. The number of sulfone groups is 1. The van der Waals surface area contributed by atoms with Crippen molar-refractivity contribution >= 4 is 9.84 Å². The van der Waals surface area contributed by atoms with Gasteiger partial charge < -0.3 is 5.32 Å². The van der Waals surface area contributed by atoms with E-state index in [9.17, 15) is 17.2 Å². The molecule has 1 fully saturated rings. The van der Waals surface area contributed by atoms with Crippen LogP contribution >= 0.6 is 0 Å². The lowest BCUT2D eigenvalue weighted by atomic mass is 10.2. The first-order chi connectivity index (χ1) is 9.45. The van der Waals surface area contributed by atoms with Crippen LogP contribution in [0.2, 0.25) is 0 Å². The fraction of sp³-hybridized carbons (Fsp3) is 0.571. The molecule has 0 spiro atoms. The van der Waals surface area contributed by atoms with Crippen molar-refractivity contribution < 1.29 is 17.2 Å². The van der Waals surface area contributed by atoms with Gasteiger partial charge in [0.25, 0.3) is 0 Å². The van der Waals surface area contributed by atoms with E-state index in [0.29, 0.717) is 12.8 Å². The van der Waals surface area contributed by atoms with E-state index >= 15 is 0 Å². The highest BCUT2D eigenvalue weighted by Gasteiger charge is 2.35. The highest BCUT2D eigenvalue weighted by Crippen LogP contribution is 2.30. The van der Waals surface area contributed by atoms with Crippen molar-refractivity contribution in [1.29, 1.82) is 0 Å². The van der Waals surface area contributed by atoms with Gasteiger partial charge in [-0.15, -0.1) is 0 Å². The number of halogens is 2. The van der Waals surface area contributed by atoms with Crippen LogP contribution in [0, 0.1) is 11.6 Å². The summed E-state index contributed by atoms with van der Waals surface area (Å²) in [5.74, 6) is -2.15. The van der Waals surface area contributed by atoms with Crippen molar-refractivity contribution in [3.05, 3.63) is 29.8 Å². The predicted molar refractivity (Wildman–Crippen MR) is 73.3 cm³/mol. The molecule has 2 atom stereocenters. The molecule has 0 radical (unpaired) electrons. The van der Waals surface area contributed by atoms with Gasteiger partial charge in [0.2, 0.25) is 0 Å². The molecule has 1 aromatic rings. The lowest BCUT2D eigenvalue weighted by Crippen LogP contribution is -2.29. The van der Waals surface area contributed by atoms with Gasteiger partial charge in [-0.2, -0.15) is 0 Å². The van der Waals surface area contributed by atoms with Gasteiger partial charge in [-0.25, -0.2) is 17.2 Å². The SMILES string of the molecule is CCCNC1CCC(S(=O)(=O)c2ccc(F)c(F)c2)C1. The van der Waals surface area contributed by atoms with Gasteiger partial charge >= 0.3 is 0 Å². The quantitative estimate of drug-likeness (QED) is 0.851. The highest BCUT2D eigenvalue weighted by atomic mass is 32.2. The number of rotatable bonds is 5. The zero-order chi connectivity index (χ0) is 14.8. The van der Waals surface area contributed by atoms with Gasteiger partial charge in [0.1, 0.15) is 0 Å². The molecule has 0 saturated heterocycles. The van der Waals surface area contributed by atoms with Crippen molar-refractivity contribution in [2.24, 2.45) is 0 Å². The van der Waals surface area contributed by atoms with E-state index < -0.39 is 26.7 Å². The van der Waals surface area contributed by atoms with Gasteiger partial charge in [0.15, 0.2) is 21.5 Å². The smallest absolute Gasteiger partial charge is 0.181 e. The summed E-state index contributed by atoms with van der Waals surface area (Å²) < 4.78 is 50.9. The van der Waals surface area contributed by atoms with Crippen molar-refractivity contribution in [1.82, 2.24) is 5.32 Å². The van der Waals surface area contributed by atoms with E-state index in [1.54, 1.807) is 0 Å². The fourth-order valence-electron chi connectivity index (χ4n) is 2.60. The molecule has 1 aromatic carbocycles. The van der Waals surface area contributed by atoms with E-state index in [4.69, 9.17) is 0 Å². The molecular weight excluding hydrogens is 284 g/mol. The topological polar surface area (TPSA) is 46.2 Å². The van der Waals surface area contributed by atoms with Crippen LogP contribution in [0.4, 0.5) is 8.78 Å². The van der Waals surface area contributed by atoms with E-state index in [1.807, 2.05) is 0 Å². The first-order valence-corrected chi connectivity index (χ1v) is 8.42. The zero-order valence-electron chi connectivity index (χ0n) is 11.4. The van der Waals surface area contributed by atoms with Crippen LogP contribution in [-0.2, 0) is 9.84 Å². The standard InChI is InChI=1S/C14H19F2NO2S/c1-2-7-17-10-3-4-11(8-10)20(18,19)12-5-6-13(15)14(16)9-12/h5-6,9-11,17H,2-4,7-8H2,1H3. The second-order valence-corrected chi connectivity index (χ2v) is 7.44. The Labute approximate surface area is 118 Å². The Morgan fingerprint density at radius 3 is 2.65 bits per heavy atom. The van der Waals surface area contributed by atoms with Crippen LogP contribution in [-0.4, -0.2) is 26.3 Å². The maximum absolute atomic E-state index is 13.2. The average Bonchev–Trinajstić information content (AvgIpc) is 2.89. The Morgan fingerprint density at radius 2 is 2.00 bits per heavy atom. The van der Waals surface area contributed by atoms with Crippen molar-refractivity contribution in [2.45, 2.75) is 48.8 Å². The largest absolute Gasteiger partial charge is 0.314 e. The van der Waals surface area contributed by atoms with E-state index in [0.717, 1.165) is 37.6 Å². The Hall–Kier alpha value is -1.01. The fourth-order valence-corrected chi connectivity index (χ4v) is 4.44. The molecular formula is C14H19F2NO2S. The van der Waals surface area contributed by atoms with Gasteiger partial charge in [-0.3, -0.25) is 0 Å². The third-order valence-corrected chi connectivity index (χ3v) is 5.94. The molecule has 0 heterocycles. The van der Waals surface area contributed by atoms with Crippen LogP contribution in [0.1, 0.15) is 32.6 Å². The van der Waals surface area contributed by atoms with Gasteiger partial charge in [0.05, 0.1) is 10.1 Å². The molecule has 1 N–H and O–H groups in total. The minimum absolute atomic E-state index is 0.127. The maximum atomic E-state index is 13.2. The minimum Gasteiger partial charge on any atom is -0.314 e. The maximum Gasteiger partial charge on any atom is 0.181 e. The molecule has 0 amide bonds. The zero-order valence-corrected chi connectivity index (χ0v) is 12.2. The minimum atomic E-state index is -3.58. The molecule has 0 bridgehead atoms. The van der Waals surface area contributed by atoms with Crippen LogP contribution in [0.15, 0.2) is 23.1 Å². The second-order valence-electron chi connectivity index (χ2n) is 5.21.